The molecule has 0 unspecified atom stereocenters. The molecule has 0 saturated carbocycles. The van der Waals surface area contributed by atoms with Gasteiger partial charge in [-0.3, -0.25) is 5.41 Å². The predicted octanol–water partition coefficient (Wildman–Crippen LogP) is 1.89. The zero-order valence-corrected chi connectivity index (χ0v) is 9.42. The normalized spacial score (nSPS) is 12.1. The van der Waals surface area contributed by atoms with Gasteiger partial charge in [-0.1, -0.05) is 6.92 Å². The molecule has 0 atom stereocenters. The summed E-state index contributed by atoms with van der Waals surface area (Å²) in [6.45, 7) is 3.46. The van der Waals surface area contributed by atoms with E-state index in [1.807, 2.05) is 11.8 Å². The van der Waals surface area contributed by atoms with Gasteiger partial charge in [0.2, 0.25) is 0 Å². The van der Waals surface area contributed by atoms with Crippen LogP contribution in [0.15, 0.2) is 0 Å². The highest BCUT2D eigenvalue weighted by Gasteiger charge is 2.27. The molecular weight excluding hydrogens is 227 g/mol. The van der Waals surface area contributed by atoms with Crippen LogP contribution in [0.3, 0.4) is 0 Å². The van der Waals surface area contributed by atoms with Crippen molar-refractivity contribution in [2.24, 2.45) is 5.73 Å². The average molecular weight is 243 g/mol. The Morgan fingerprint density at radius 3 is 2.40 bits per heavy atom. The average Bonchev–Trinajstić information content (AvgIpc) is 2.08. The SMILES string of the molecule is CCN(CCSC(F)(F)F)CCC(=N)N. The van der Waals surface area contributed by atoms with E-state index in [0.29, 0.717) is 26.1 Å². The van der Waals surface area contributed by atoms with Crippen molar-refractivity contribution in [3.05, 3.63) is 0 Å². The molecule has 0 aromatic rings. The van der Waals surface area contributed by atoms with E-state index >= 15 is 0 Å². The Bertz CT molecular complexity index is 196. The molecule has 0 fully saturated rings. The summed E-state index contributed by atoms with van der Waals surface area (Å²) in [5.41, 5.74) is 1.01. The van der Waals surface area contributed by atoms with E-state index < -0.39 is 5.51 Å². The molecule has 7 heteroatoms. The van der Waals surface area contributed by atoms with Gasteiger partial charge in [0.1, 0.15) is 0 Å². The molecule has 0 aromatic carbocycles. The maximum atomic E-state index is 11.8. The summed E-state index contributed by atoms with van der Waals surface area (Å²) in [6.07, 6.45) is 0.407. The fraction of sp³-hybridized carbons (Fsp3) is 0.875. The third-order valence-corrected chi connectivity index (χ3v) is 2.53. The van der Waals surface area contributed by atoms with Gasteiger partial charge in [0.25, 0.3) is 0 Å². The first-order chi connectivity index (χ1) is 6.85. The van der Waals surface area contributed by atoms with E-state index in [-0.39, 0.29) is 23.4 Å². The van der Waals surface area contributed by atoms with E-state index in [1.165, 1.54) is 0 Å². The summed E-state index contributed by atoms with van der Waals surface area (Å²) in [6, 6.07) is 0. The first-order valence-electron chi connectivity index (χ1n) is 4.61. The molecule has 0 aromatic heterocycles. The molecule has 0 aliphatic heterocycles. The Kier molecular flexibility index (Phi) is 6.75. The molecule has 0 heterocycles. The maximum Gasteiger partial charge on any atom is 0.441 e. The van der Waals surface area contributed by atoms with Crippen LogP contribution in [0.2, 0.25) is 0 Å². The van der Waals surface area contributed by atoms with Crippen LogP contribution < -0.4 is 5.73 Å². The Labute approximate surface area is 91.7 Å². The van der Waals surface area contributed by atoms with E-state index in [9.17, 15) is 13.2 Å². The number of alkyl halides is 3. The molecule has 0 aliphatic rings. The van der Waals surface area contributed by atoms with Crippen molar-refractivity contribution in [1.82, 2.24) is 4.90 Å². The second-order valence-corrected chi connectivity index (χ2v) is 4.16. The Hall–Kier alpha value is -0.430. The summed E-state index contributed by atoms with van der Waals surface area (Å²) in [5, 5.41) is 7.00. The fourth-order valence-electron chi connectivity index (χ4n) is 0.997. The number of amidine groups is 1. The standard InChI is InChI=1S/C8H16F3N3S/c1-2-14(4-3-7(12)13)5-6-15-8(9,10)11/h2-6H2,1H3,(H3,12,13). The Morgan fingerprint density at radius 1 is 1.40 bits per heavy atom. The Balaban J connectivity index is 3.66. The molecule has 3 nitrogen and oxygen atoms in total. The van der Waals surface area contributed by atoms with Crippen molar-refractivity contribution in [3.63, 3.8) is 0 Å². The molecule has 0 rings (SSSR count). The van der Waals surface area contributed by atoms with Crippen LogP contribution in [-0.4, -0.2) is 41.6 Å². The highest BCUT2D eigenvalue weighted by atomic mass is 32.2. The van der Waals surface area contributed by atoms with Crippen molar-refractivity contribution >= 4 is 17.6 Å². The zero-order chi connectivity index (χ0) is 11.9. The van der Waals surface area contributed by atoms with E-state index in [1.54, 1.807) is 0 Å². The molecular formula is C8H16F3N3S. The van der Waals surface area contributed by atoms with E-state index in [0.717, 1.165) is 0 Å². The van der Waals surface area contributed by atoms with Crippen molar-refractivity contribution in [2.45, 2.75) is 18.9 Å². The largest absolute Gasteiger partial charge is 0.441 e. The van der Waals surface area contributed by atoms with Crippen molar-refractivity contribution < 1.29 is 13.2 Å². The van der Waals surface area contributed by atoms with Crippen molar-refractivity contribution in [1.29, 1.82) is 5.41 Å². The molecule has 0 saturated heterocycles. The number of hydrogen-bond acceptors (Lipinski definition) is 3. The lowest BCUT2D eigenvalue weighted by molar-refractivity contribution is -0.0328. The molecule has 90 valence electrons. The smallest absolute Gasteiger partial charge is 0.388 e. The minimum Gasteiger partial charge on any atom is -0.388 e. The number of thioether (sulfide) groups is 1. The van der Waals surface area contributed by atoms with Crippen LogP contribution in [0.25, 0.3) is 0 Å². The van der Waals surface area contributed by atoms with Gasteiger partial charge in [-0.25, -0.2) is 0 Å². The van der Waals surface area contributed by atoms with Crippen molar-refractivity contribution in [3.8, 4) is 0 Å². The van der Waals surface area contributed by atoms with Crippen LogP contribution in [0.5, 0.6) is 0 Å². The molecule has 0 radical (unpaired) electrons. The lowest BCUT2D eigenvalue weighted by Crippen LogP contribution is -2.30. The summed E-state index contributed by atoms with van der Waals surface area (Å²) < 4.78 is 35.4. The second kappa shape index (κ2) is 6.95. The van der Waals surface area contributed by atoms with Gasteiger partial charge in [-0.15, -0.1) is 0 Å². The second-order valence-electron chi connectivity index (χ2n) is 3.00. The van der Waals surface area contributed by atoms with Gasteiger partial charge < -0.3 is 10.6 Å². The zero-order valence-electron chi connectivity index (χ0n) is 8.60. The van der Waals surface area contributed by atoms with Gasteiger partial charge >= 0.3 is 5.51 Å². The fourth-order valence-corrected chi connectivity index (χ4v) is 1.58. The number of nitrogens with zero attached hydrogens (tertiary/aromatic N) is 1. The topological polar surface area (TPSA) is 53.1 Å². The number of nitrogens with one attached hydrogen (secondary N) is 1. The van der Waals surface area contributed by atoms with Crippen molar-refractivity contribution in [2.75, 3.05) is 25.4 Å². The Morgan fingerprint density at radius 2 is 2.00 bits per heavy atom. The highest BCUT2D eigenvalue weighted by Crippen LogP contribution is 2.29. The minimum atomic E-state index is -4.15. The quantitative estimate of drug-likeness (QED) is 0.530. The lowest BCUT2D eigenvalue weighted by atomic mass is 10.3. The number of halogens is 3. The van der Waals surface area contributed by atoms with Gasteiger partial charge in [0.05, 0.1) is 5.84 Å². The van der Waals surface area contributed by atoms with Crippen LogP contribution in [0.4, 0.5) is 13.2 Å². The van der Waals surface area contributed by atoms with Crippen LogP contribution in [0, 0.1) is 5.41 Å². The number of nitrogens with two attached hydrogens (primary N) is 1. The van der Waals surface area contributed by atoms with Gasteiger partial charge in [0, 0.05) is 25.3 Å². The monoisotopic (exact) mass is 243 g/mol. The molecule has 0 bridgehead atoms. The van der Waals surface area contributed by atoms with Gasteiger partial charge in [-0.05, 0) is 18.3 Å². The van der Waals surface area contributed by atoms with Gasteiger partial charge in [-0.2, -0.15) is 13.2 Å². The molecule has 0 aliphatic carbocycles. The lowest BCUT2D eigenvalue weighted by Gasteiger charge is -2.19. The number of rotatable bonds is 7. The molecule has 3 N–H and O–H groups in total. The molecule has 15 heavy (non-hydrogen) atoms. The van der Waals surface area contributed by atoms with Gasteiger partial charge in [0.15, 0.2) is 0 Å². The predicted molar refractivity (Wildman–Crippen MR) is 57.2 cm³/mol. The first kappa shape index (κ1) is 14.6. The van der Waals surface area contributed by atoms with E-state index in [4.69, 9.17) is 11.1 Å². The molecule has 0 amide bonds. The summed E-state index contributed by atoms with van der Waals surface area (Å²) >= 11 is -0.0151. The highest BCUT2D eigenvalue weighted by molar-refractivity contribution is 8.00. The molecule has 0 spiro atoms. The maximum absolute atomic E-state index is 11.8. The van der Waals surface area contributed by atoms with Crippen LogP contribution in [0.1, 0.15) is 13.3 Å². The summed E-state index contributed by atoms with van der Waals surface area (Å²) in [4.78, 5) is 1.85. The third kappa shape index (κ3) is 9.86. The first-order valence-corrected chi connectivity index (χ1v) is 5.59. The number of hydrogen-bond donors (Lipinski definition) is 2. The van der Waals surface area contributed by atoms with Crippen LogP contribution >= 0.6 is 11.8 Å². The van der Waals surface area contributed by atoms with E-state index in [2.05, 4.69) is 0 Å². The van der Waals surface area contributed by atoms with Crippen LogP contribution in [-0.2, 0) is 0 Å². The summed E-state index contributed by atoms with van der Waals surface area (Å²) in [5.74, 6) is 0.0897. The summed E-state index contributed by atoms with van der Waals surface area (Å²) in [7, 11) is 0. The third-order valence-electron chi connectivity index (χ3n) is 1.82. The minimum absolute atomic E-state index is 0.0151.